The molecule has 11 nitrogen and oxygen atoms in total. The van der Waals surface area contributed by atoms with E-state index >= 15 is 0 Å². The van der Waals surface area contributed by atoms with Gasteiger partial charge in [-0.2, -0.15) is 0 Å². The normalized spacial score (nSPS) is 28.5. The maximum Gasteiger partial charge on any atom is 0.329 e. The van der Waals surface area contributed by atoms with Gasteiger partial charge in [-0.3, -0.25) is 9.59 Å². The molecule has 1 amide bonds. The monoisotopic (exact) mass is 475 g/mol. The van der Waals surface area contributed by atoms with Crippen molar-refractivity contribution in [3.05, 3.63) is 54.0 Å². The van der Waals surface area contributed by atoms with Gasteiger partial charge in [0.05, 0.1) is 12.9 Å². The van der Waals surface area contributed by atoms with E-state index in [0.29, 0.717) is 17.1 Å². The third kappa shape index (κ3) is 5.45. The van der Waals surface area contributed by atoms with Crippen molar-refractivity contribution in [3.63, 3.8) is 0 Å². The lowest BCUT2D eigenvalue weighted by atomic mass is 9.95. The average Bonchev–Trinajstić information content (AvgIpc) is 3.33. The Balaban J connectivity index is 1.62. The first-order chi connectivity index (χ1) is 16.3. The number of ether oxygens (including phenoxy) is 5. The van der Waals surface area contributed by atoms with E-state index in [-0.39, 0.29) is 12.4 Å². The zero-order valence-corrected chi connectivity index (χ0v) is 18.5. The van der Waals surface area contributed by atoms with Gasteiger partial charge in [0.15, 0.2) is 11.5 Å². The summed E-state index contributed by atoms with van der Waals surface area (Å²) < 4.78 is 34.9. The lowest BCUT2D eigenvalue weighted by Gasteiger charge is -2.48. The molecule has 4 rings (SSSR count). The van der Waals surface area contributed by atoms with E-state index in [9.17, 15) is 19.5 Å². The van der Waals surface area contributed by atoms with Gasteiger partial charge in [-0.05, 0) is 31.2 Å². The molecule has 2 aromatic rings. The van der Waals surface area contributed by atoms with Gasteiger partial charge >= 0.3 is 5.97 Å². The first kappa shape index (κ1) is 23.9. The van der Waals surface area contributed by atoms with Crippen LogP contribution in [0.3, 0.4) is 0 Å². The fourth-order valence-corrected chi connectivity index (χ4v) is 3.92. The third-order valence-corrected chi connectivity index (χ3v) is 5.38. The topological polar surface area (TPSA) is 143 Å². The maximum atomic E-state index is 12.0. The van der Waals surface area contributed by atoms with E-state index in [2.05, 4.69) is 5.32 Å². The number of rotatable bonds is 8. The van der Waals surface area contributed by atoms with Gasteiger partial charge in [-0.1, -0.05) is 12.1 Å². The van der Waals surface area contributed by atoms with Crippen LogP contribution in [-0.2, 0) is 28.5 Å². The van der Waals surface area contributed by atoms with Gasteiger partial charge in [0.25, 0.3) is 0 Å². The first-order valence-electron chi connectivity index (χ1n) is 10.7. The highest BCUT2D eigenvalue weighted by molar-refractivity contribution is 5.94. The summed E-state index contributed by atoms with van der Waals surface area (Å²) in [4.78, 5) is 35.1. The number of aliphatic carboxylic acids is 1. The van der Waals surface area contributed by atoms with Crippen LogP contribution in [0.25, 0.3) is 0 Å². The van der Waals surface area contributed by atoms with Crippen LogP contribution in [0.4, 0.5) is 0 Å². The SMILES string of the molecule is CC(=O)NC1C(Oc2cccc(C(C)=O)c2)OC2COC(c3ccco3)OC2C1OCC(=O)O. The number of ketones is 1. The third-order valence-electron chi connectivity index (χ3n) is 5.38. The molecule has 6 atom stereocenters. The van der Waals surface area contributed by atoms with E-state index in [0.717, 1.165) is 0 Å². The lowest BCUT2D eigenvalue weighted by Crippen LogP contribution is -2.68. The van der Waals surface area contributed by atoms with E-state index in [4.69, 9.17) is 28.1 Å². The maximum absolute atomic E-state index is 12.0. The van der Waals surface area contributed by atoms with E-state index in [1.165, 1.54) is 20.1 Å². The molecule has 34 heavy (non-hydrogen) atoms. The van der Waals surface area contributed by atoms with Crippen LogP contribution in [0.1, 0.15) is 36.3 Å². The summed E-state index contributed by atoms with van der Waals surface area (Å²) in [6.07, 6.45) is -2.93. The summed E-state index contributed by atoms with van der Waals surface area (Å²) in [6.45, 7) is 2.18. The number of hydrogen-bond donors (Lipinski definition) is 2. The number of fused-ring (bicyclic) bond motifs is 1. The molecule has 0 bridgehead atoms. The van der Waals surface area contributed by atoms with Gasteiger partial charge in [-0.15, -0.1) is 0 Å². The number of furan rings is 1. The molecule has 2 aliphatic rings. The smallest absolute Gasteiger partial charge is 0.329 e. The Morgan fingerprint density at radius 2 is 1.97 bits per heavy atom. The number of benzene rings is 1. The number of carboxylic acid groups (broad SMARTS) is 1. The van der Waals surface area contributed by atoms with Crippen LogP contribution in [0.2, 0.25) is 0 Å². The molecule has 2 saturated heterocycles. The van der Waals surface area contributed by atoms with Crippen LogP contribution >= 0.6 is 0 Å². The number of nitrogens with one attached hydrogen (secondary N) is 1. The Morgan fingerprint density at radius 1 is 1.15 bits per heavy atom. The van der Waals surface area contributed by atoms with Crippen molar-refractivity contribution in [1.29, 1.82) is 0 Å². The Labute approximate surface area is 194 Å². The summed E-state index contributed by atoms with van der Waals surface area (Å²) in [6, 6.07) is 8.93. The van der Waals surface area contributed by atoms with Gasteiger partial charge in [0.2, 0.25) is 18.5 Å². The van der Waals surface area contributed by atoms with Gasteiger partial charge in [-0.25, -0.2) is 4.79 Å². The van der Waals surface area contributed by atoms with Crippen LogP contribution in [0.5, 0.6) is 5.75 Å². The highest BCUT2D eigenvalue weighted by Gasteiger charge is 2.52. The molecule has 2 N–H and O–H groups in total. The highest BCUT2D eigenvalue weighted by atomic mass is 16.8. The van der Waals surface area contributed by atoms with Crippen LogP contribution in [0, 0.1) is 0 Å². The zero-order valence-electron chi connectivity index (χ0n) is 18.5. The number of carbonyl (C=O) groups excluding carboxylic acids is 2. The number of carboxylic acids is 1. The molecule has 6 unspecified atom stereocenters. The molecule has 1 aromatic carbocycles. The minimum Gasteiger partial charge on any atom is -0.480 e. The molecule has 182 valence electrons. The van der Waals surface area contributed by atoms with E-state index in [1.807, 2.05) is 0 Å². The second-order valence-electron chi connectivity index (χ2n) is 7.92. The second-order valence-corrected chi connectivity index (χ2v) is 7.92. The molecule has 11 heteroatoms. The number of carbonyl (C=O) groups is 3. The minimum atomic E-state index is -1.19. The predicted octanol–water partition coefficient (Wildman–Crippen LogP) is 1.67. The zero-order chi connectivity index (χ0) is 24.2. The minimum absolute atomic E-state index is 0.0725. The summed E-state index contributed by atoms with van der Waals surface area (Å²) >= 11 is 0. The van der Waals surface area contributed by atoms with Crippen molar-refractivity contribution in [2.24, 2.45) is 0 Å². The molecule has 0 radical (unpaired) electrons. The molecular weight excluding hydrogens is 450 g/mol. The summed E-state index contributed by atoms with van der Waals surface area (Å²) in [5.74, 6) is -0.989. The van der Waals surface area contributed by atoms with Crippen LogP contribution in [0.15, 0.2) is 47.1 Å². The molecule has 0 spiro atoms. The average molecular weight is 475 g/mol. The molecular formula is C23H25NO10. The Bertz CT molecular complexity index is 1020. The molecule has 0 aliphatic carbocycles. The van der Waals surface area contributed by atoms with Crippen molar-refractivity contribution < 1.29 is 47.6 Å². The summed E-state index contributed by atoms with van der Waals surface area (Å²) in [5.41, 5.74) is 0.437. The molecule has 1 aromatic heterocycles. The Hall–Kier alpha value is -3.25. The van der Waals surface area contributed by atoms with Gasteiger partial charge in [0.1, 0.15) is 36.7 Å². The van der Waals surface area contributed by atoms with Crippen molar-refractivity contribution in [2.45, 2.75) is 50.8 Å². The van der Waals surface area contributed by atoms with Gasteiger partial charge < -0.3 is 38.5 Å². The van der Waals surface area contributed by atoms with Crippen molar-refractivity contribution in [1.82, 2.24) is 5.32 Å². The van der Waals surface area contributed by atoms with Crippen molar-refractivity contribution in [2.75, 3.05) is 13.2 Å². The Kier molecular flexibility index (Phi) is 7.27. The van der Waals surface area contributed by atoms with Crippen LogP contribution in [-0.4, -0.2) is 66.6 Å². The summed E-state index contributed by atoms with van der Waals surface area (Å²) in [7, 11) is 0. The second kappa shape index (κ2) is 10.3. The summed E-state index contributed by atoms with van der Waals surface area (Å²) in [5, 5.41) is 11.9. The lowest BCUT2D eigenvalue weighted by molar-refractivity contribution is -0.340. The van der Waals surface area contributed by atoms with Crippen molar-refractivity contribution in [3.8, 4) is 5.75 Å². The van der Waals surface area contributed by atoms with Crippen molar-refractivity contribution >= 4 is 17.7 Å². The predicted molar refractivity (Wildman–Crippen MR) is 113 cm³/mol. The molecule has 0 saturated carbocycles. The number of Topliss-reactive ketones (excluding diaryl/α,β-unsaturated/α-hetero) is 1. The molecule has 2 aliphatic heterocycles. The highest BCUT2D eigenvalue weighted by Crippen LogP contribution is 2.36. The standard InChI is InChI=1S/C23H25NO10/c1-12(25)14-5-3-6-15(9-14)32-23-19(24-13(2)26)21(30-11-18(27)28)20-17(33-23)10-31-22(34-20)16-7-4-8-29-16/h3-9,17,19-23H,10-11H2,1-2H3,(H,24,26)(H,27,28). The number of hydrogen-bond acceptors (Lipinski definition) is 9. The first-order valence-corrected chi connectivity index (χ1v) is 10.7. The Morgan fingerprint density at radius 3 is 2.65 bits per heavy atom. The largest absolute Gasteiger partial charge is 0.480 e. The van der Waals surface area contributed by atoms with E-state index in [1.54, 1.807) is 36.4 Å². The molecule has 2 fully saturated rings. The quantitative estimate of drug-likeness (QED) is 0.541. The number of amides is 1. The molecule has 3 heterocycles. The van der Waals surface area contributed by atoms with Crippen LogP contribution < -0.4 is 10.1 Å². The fraction of sp³-hybridized carbons (Fsp3) is 0.435. The fourth-order valence-electron chi connectivity index (χ4n) is 3.92. The van der Waals surface area contributed by atoms with E-state index < -0.39 is 55.4 Å². The van der Waals surface area contributed by atoms with Gasteiger partial charge in [0, 0.05) is 12.5 Å².